The van der Waals surface area contributed by atoms with Crippen molar-refractivity contribution in [1.29, 1.82) is 0 Å². The lowest BCUT2D eigenvalue weighted by Crippen LogP contribution is -2.48. The molecule has 1 atom stereocenters. The summed E-state index contributed by atoms with van der Waals surface area (Å²) >= 11 is 0. The molecule has 0 aliphatic carbocycles. The number of hydrogen-bond acceptors (Lipinski definition) is 9. The lowest BCUT2D eigenvalue weighted by Gasteiger charge is -2.31. The van der Waals surface area contributed by atoms with Gasteiger partial charge in [-0.1, -0.05) is 23.4 Å². The Kier molecular flexibility index (Phi) is 7.46. The standard InChI is InChI=1S/C19H22FN7O5/c20-16-11(4-22-17(21)25-19(30)31)2-1-3-15(16)12-5-23-18(24-6-12)27-7-13(8-27)26-32-10-14(29)9-28/h1-3,5-6,14,28-29H,4,7-10H2,(H,30,31)(H3,21,22,25). The van der Waals surface area contributed by atoms with Crippen molar-refractivity contribution in [1.82, 2.24) is 15.3 Å². The van der Waals surface area contributed by atoms with E-state index in [4.69, 9.17) is 20.8 Å². The number of oxime groups is 1. The Morgan fingerprint density at radius 1 is 1.34 bits per heavy atom. The van der Waals surface area contributed by atoms with Crippen LogP contribution in [0.25, 0.3) is 11.1 Å². The average molecular weight is 447 g/mol. The summed E-state index contributed by atoms with van der Waals surface area (Å²) in [4.78, 5) is 29.7. The van der Waals surface area contributed by atoms with Gasteiger partial charge in [0.25, 0.3) is 0 Å². The van der Waals surface area contributed by atoms with E-state index in [1.165, 1.54) is 18.5 Å². The second kappa shape index (κ2) is 10.5. The Morgan fingerprint density at radius 3 is 2.72 bits per heavy atom. The molecule has 1 amide bonds. The molecule has 1 fully saturated rings. The van der Waals surface area contributed by atoms with E-state index in [-0.39, 0.29) is 30.2 Å². The molecule has 13 heteroatoms. The molecule has 1 aromatic carbocycles. The third kappa shape index (κ3) is 5.86. The van der Waals surface area contributed by atoms with Gasteiger partial charge in [-0.25, -0.2) is 24.1 Å². The largest absolute Gasteiger partial charge is 0.465 e. The van der Waals surface area contributed by atoms with Crippen LogP contribution in [0.5, 0.6) is 0 Å². The number of aliphatic hydroxyl groups excluding tert-OH is 2. The van der Waals surface area contributed by atoms with Gasteiger partial charge in [0.2, 0.25) is 5.95 Å². The fourth-order valence-electron chi connectivity index (χ4n) is 2.73. The highest BCUT2D eigenvalue weighted by Gasteiger charge is 2.25. The summed E-state index contributed by atoms with van der Waals surface area (Å²) < 4.78 is 14.9. The second-order valence-corrected chi connectivity index (χ2v) is 6.83. The van der Waals surface area contributed by atoms with Crippen molar-refractivity contribution in [2.75, 3.05) is 31.2 Å². The highest BCUT2D eigenvalue weighted by Crippen LogP contribution is 2.25. The van der Waals surface area contributed by atoms with Crippen molar-refractivity contribution in [3.8, 4) is 11.1 Å². The number of halogens is 1. The van der Waals surface area contributed by atoms with E-state index in [0.717, 1.165) is 5.71 Å². The number of benzene rings is 1. The Hall–Kier alpha value is -3.84. The summed E-state index contributed by atoms with van der Waals surface area (Å²) in [6.45, 7) is 0.260. The van der Waals surface area contributed by atoms with Crippen molar-refractivity contribution in [3.63, 3.8) is 0 Å². The van der Waals surface area contributed by atoms with E-state index in [0.29, 0.717) is 24.6 Å². The molecule has 2 aromatic rings. The Balaban J connectivity index is 1.62. The molecule has 6 N–H and O–H groups in total. The van der Waals surface area contributed by atoms with Gasteiger partial charge in [0.15, 0.2) is 5.96 Å². The highest BCUT2D eigenvalue weighted by atomic mass is 19.1. The number of guanidine groups is 1. The normalized spacial score (nSPS) is 14.5. The number of carbonyl (C=O) groups is 1. The maximum absolute atomic E-state index is 14.9. The first-order valence-corrected chi connectivity index (χ1v) is 9.48. The number of nitrogens with one attached hydrogen (secondary N) is 1. The van der Waals surface area contributed by atoms with Crippen LogP contribution in [0.1, 0.15) is 5.56 Å². The molecule has 0 radical (unpaired) electrons. The van der Waals surface area contributed by atoms with Crippen LogP contribution in [0.2, 0.25) is 0 Å². The summed E-state index contributed by atoms with van der Waals surface area (Å²) in [5, 5.41) is 32.3. The molecule has 1 saturated heterocycles. The van der Waals surface area contributed by atoms with Gasteiger partial charge in [-0.3, -0.25) is 5.32 Å². The van der Waals surface area contributed by atoms with Crippen molar-refractivity contribution in [3.05, 3.63) is 42.0 Å². The number of amides is 1. The van der Waals surface area contributed by atoms with E-state index < -0.39 is 24.6 Å². The molecule has 0 spiro atoms. The molecular weight excluding hydrogens is 425 g/mol. The Bertz CT molecular complexity index is 1010. The third-order valence-corrected chi connectivity index (χ3v) is 4.38. The maximum Gasteiger partial charge on any atom is 0.411 e. The molecule has 2 heterocycles. The molecule has 3 rings (SSSR count). The molecule has 1 aliphatic heterocycles. The van der Waals surface area contributed by atoms with Crippen LogP contribution < -0.4 is 16.0 Å². The Morgan fingerprint density at radius 2 is 2.06 bits per heavy atom. The molecule has 0 saturated carbocycles. The SMILES string of the molecule is NC(=NCc1cccc(-c2cnc(N3CC(=NOCC(O)CO)C3)nc2)c1F)NC(=O)O. The number of carboxylic acid groups (broad SMARTS) is 1. The first-order valence-electron chi connectivity index (χ1n) is 9.48. The maximum atomic E-state index is 14.9. The molecule has 1 unspecified atom stereocenters. The van der Waals surface area contributed by atoms with Gasteiger partial charge in [0, 0.05) is 29.1 Å². The Labute approximate surface area is 181 Å². The van der Waals surface area contributed by atoms with Crippen molar-refractivity contribution < 1.29 is 29.3 Å². The van der Waals surface area contributed by atoms with Crippen LogP contribution in [-0.4, -0.2) is 75.5 Å². The van der Waals surface area contributed by atoms with Gasteiger partial charge >= 0.3 is 6.09 Å². The average Bonchev–Trinajstić information content (AvgIpc) is 2.74. The van der Waals surface area contributed by atoms with Gasteiger partial charge in [0.05, 0.1) is 32.0 Å². The van der Waals surface area contributed by atoms with E-state index in [2.05, 4.69) is 20.1 Å². The fraction of sp³-hybridized carbons (Fsp3) is 0.316. The summed E-state index contributed by atoms with van der Waals surface area (Å²) in [5.41, 5.74) is 7.12. The first kappa shape index (κ1) is 22.8. The number of nitrogens with two attached hydrogens (primary N) is 1. The predicted octanol–water partition coefficient (Wildman–Crippen LogP) is -0.0892. The van der Waals surface area contributed by atoms with Crippen molar-refractivity contribution in [2.24, 2.45) is 15.9 Å². The molecule has 0 bridgehead atoms. The lowest BCUT2D eigenvalue weighted by molar-refractivity contribution is 0.00789. The first-order chi connectivity index (χ1) is 15.4. The summed E-state index contributed by atoms with van der Waals surface area (Å²) in [7, 11) is 0. The lowest BCUT2D eigenvalue weighted by atomic mass is 10.0. The van der Waals surface area contributed by atoms with Crippen LogP contribution in [-0.2, 0) is 11.4 Å². The van der Waals surface area contributed by atoms with Crippen LogP contribution in [0.4, 0.5) is 15.1 Å². The van der Waals surface area contributed by atoms with Gasteiger partial charge in [-0.2, -0.15) is 0 Å². The summed E-state index contributed by atoms with van der Waals surface area (Å²) in [6, 6.07) is 4.74. The highest BCUT2D eigenvalue weighted by molar-refractivity contribution is 5.98. The van der Waals surface area contributed by atoms with E-state index in [1.54, 1.807) is 12.1 Å². The van der Waals surface area contributed by atoms with Crippen molar-refractivity contribution >= 4 is 23.7 Å². The molecule has 32 heavy (non-hydrogen) atoms. The van der Waals surface area contributed by atoms with E-state index in [9.17, 15) is 14.3 Å². The number of rotatable bonds is 8. The molecule has 12 nitrogen and oxygen atoms in total. The number of nitrogens with zero attached hydrogens (tertiary/aromatic N) is 5. The zero-order valence-corrected chi connectivity index (χ0v) is 16.8. The zero-order valence-electron chi connectivity index (χ0n) is 16.8. The molecular formula is C19H22FN7O5. The summed E-state index contributed by atoms with van der Waals surface area (Å²) in [5.74, 6) is -0.421. The molecule has 1 aliphatic rings. The van der Waals surface area contributed by atoms with Gasteiger partial charge in [0.1, 0.15) is 18.5 Å². The smallest absolute Gasteiger partial charge is 0.411 e. The van der Waals surface area contributed by atoms with E-state index in [1.807, 2.05) is 10.2 Å². The quantitative estimate of drug-likeness (QED) is 0.210. The zero-order chi connectivity index (χ0) is 23.1. The molecule has 170 valence electrons. The number of aliphatic hydroxyl groups is 2. The third-order valence-electron chi connectivity index (χ3n) is 4.38. The molecule has 1 aromatic heterocycles. The topological polar surface area (TPSA) is 179 Å². The van der Waals surface area contributed by atoms with Crippen LogP contribution in [0, 0.1) is 5.82 Å². The second-order valence-electron chi connectivity index (χ2n) is 6.83. The fourth-order valence-corrected chi connectivity index (χ4v) is 2.73. The monoisotopic (exact) mass is 447 g/mol. The van der Waals surface area contributed by atoms with Crippen LogP contribution >= 0.6 is 0 Å². The number of aromatic nitrogens is 2. The minimum Gasteiger partial charge on any atom is -0.465 e. The van der Waals surface area contributed by atoms with Gasteiger partial charge in [-0.15, -0.1) is 0 Å². The van der Waals surface area contributed by atoms with Gasteiger partial charge in [-0.05, 0) is 0 Å². The predicted molar refractivity (Wildman–Crippen MR) is 113 cm³/mol. The van der Waals surface area contributed by atoms with Gasteiger partial charge < -0.3 is 30.8 Å². The number of aliphatic imine (C=N–C) groups is 1. The summed E-state index contributed by atoms with van der Waals surface area (Å²) in [6.07, 6.45) is 0.664. The number of anilines is 1. The van der Waals surface area contributed by atoms with Crippen LogP contribution in [0.15, 0.2) is 40.7 Å². The minimum absolute atomic E-state index is 0.0935. The minimum atomic E-state index is -1.36. The van der Waals surface area contributed by atoms with Crippen molar-refractivity contribution in [2.45, 2.75) is 12.6 Å². The van der Waals surface area contributed by atoms with Crippen LogP contribution in [0.3, 0.4) is 0 Å². The number of hydrogen-bond donors (Lipinski definition) is 5. The van der Waals surface area contributed by atoms with E-state index >= 15 is 0 Å².